The molecule has 0 saturated heterocycles. The molecule has 0 fully saturated rings. The SMILES string of the molecule is Cc1cc(Oc2ncc(/C=C/C(=O)O)cc2C)ccc1F. The number of carboxylic acid groups (broad SMARTS) is 1. The number of carboxylic acids is 1. The van der Waals surface area contributed by atoms with Crippen LogP contribution in [0.3, 0.4) is 0 Å². The number of hydrogen-bond donors (Lipinski definition) is 1. The number of aliphatic carboxylic acids is 1. The maximum atomic E-state index is 13.2. The number of rotatable bonds is 4. The number of benzene rings is 1. The van der Waals surface area contributed by atoms with E-state index in [2.05, 4.69) is 4.98 Å². The summed E-state index contributed by atoms with van der Waals surface area (Å²) in [6.45, 7) is 3.46. The number of pyridine rings is 1. The molecule has 5 heteroatoms. The molecule has 0 amide bonds. The van der Waals surface area contributed by atoms with Gasteiger partial charge in [-0.25, -0.2) is 14.2 Å². The molecule has 0 aliphatic heterocycles. The van der Waals surface area contributed by atoms with Crippen molar-refractivity contribution in [1.29, 1.82) is 0 Å². The van der Waals surface area contributed by atoms with E-state index >= 15 is 0 Å². The minimum absolute atomic E-state index is 0.291. The average molecular weight is 287 g/mol. The van der Waals surface area contributed by atoms with E-state index in [9.17, 15) is 9.18 Å². The van der Waals surface area contributed by atoms with Crippen LogP contribution in [-0.2, 0) is 4.79 Å². The maximum absolute atomic E-state index is 13.2. The Bertz CT molecular complexity index is 711. The maximum Gasteiger partial charge on any atom is 0.328 e. The lowest BCUT2D eigenvalue weighted by atomic mass is 10.2. The lowest BCUT2D eigenvalue weighted by molar-refractivity contribution is -0.131. The third kappa shape index (κ3) is 3.89. The lowest BCUT2D eigenvalue weighted by Gasteiger charge is -2.09. The minimum atomic E-state index is -1.02. The first-order chi connectivity index (χ1) is 9.95. The molecule has 0 atom stereocenters. The van der Waals surface area contributed by atoms with E-state index in [0.717, 1.165) is 11.6 Å². The van der Waals surface area contributed by atoms with E-state index in [4.69, 9.17) is 9.84 Å². The zero-order valence-corrected chi connectivity index (χ0v) is 11.6. The van der Waals surface area contributed by atoms with Gasteiger partial charge in [0.2, 0.25) is 5.88 Å². The summed E-state index contributed by atoms with van der Waals surface area (Å²) in [7, 11) is 0. The summed E-state index contributed by atoms with van der Waals surface area (Å²) in [5, 5.41) is 8.58. The number of aromatic nitrogens is 1. The Morgan fingerprint density at radius 1 is 1.29 bits per heavy atom. The predicted octanol–water partition coefficient (Wildman–Crippen LogP) is 3.73. The number of nitrogens with zero attached hydrogens (tertiary/aromatic N) is 1. The Labute approximate surface area is 121 Å². The van der Waals surface area contributed by atoms with Crippen molar-refractivity contribution in [1.82, 2.24) is 4.98 Å². The predicted molar refractivity (Wildman–Crippen MR) is 76.9 cm³/mol. The highest BCUT2D eigenvalue weighted by molar-refractivity contribution is 5.85. The van der Waals surface area contributed by atoms with Gasteiger partial charge in [-0.2, -0.15) is 0 Å². The van der Waals surface area contributed by atoms with Gasteiger partial charge in [0.05, 0.1) is 0 Å². The fraction of sp³-hybridized carbons (Fsp3) is 0.125. The molecule has 1 aromatic heterocycles. The standard InChI is InChI=1S/C16H14FNO3/c1-10-8-13(4-5-14(10)17)21-16-11(2)7-12(9-18-16)3-6-15(19)20/h3-9H,1-2H3,(H,19,20)/b6-3+. The highest BCUT2D eigenvalue weighted by Crippen LogP contribution is 2.25. The second kappa shape index (κ2) is 6.17. The Kier molecular flexibility index (Phi) is 4.33. The molecule has 0 bridgehead atoms. The lowest BCUT2D eigenvalue weighted by Crippen LogP contribution is -1.93. The second-order valence-electron chi connectivity index (χ2n) is 4.58. The highest BCUT2D eigenvalue weighted by Gasteiger charge is 2.06. The molecule has 0 aliphatic carbocycles. The van der Waals surface area contributed by atoms with Crippen LogP contribution in [0.5, 0.6) is 11.6 Å². The Balaban J connectivity index is 2.21. The van der Waals surface area contributed by atoms with Gasteiger partial charge >= 0.3 is 5.97 Å². The van der Waals surface area contributed by atoms with Crippen LogP contribution in [0.25, 0.3) is 6.08 Å². The smallest absolute Gasteiger partial charge is 0.328 e. The summed E-state index contributed by atoms with van der Waals surface area (Å²) >= 11 is 0. The number of halogens is 1. The zero-order valence-electron chi connectivity index (χ0n) is 11.6. The van der Waals surface area contributed by atoms with E-state index in [1.165, 1.54) is 24.4 Å². The van der Waals surface area contributed by atoms with Crippen LogP contribution in [0.2, 0.25) is 0 Å². The molecule has 0 radical (unpaired) electrons. The van der Waals surface area contributed by atoms with Gasteiger partial charge in [0.25, 0.3) is 0 Å². The molecule has 1 heterocycles. The van der Waals surface area contributed by atoms with Crippen molar-refractivity contribution in [3.05, 3.63) is 59.0 Å². The van der Waals surface area contributed by atoms with Crippen molar-refractivity contribution in [2.45, 2.75) is 13.8 Å². The molecule has 0 aliphatic rings. The average Bonchev–Trinajstić information content (AvgIpc) is 2.43. The molecular formula is C16H14FNO3. The molecule has 108 valence electrons. The van der Waals surface area contributed by atoms with Crippen LogP contribution in [-0.4, -0.2) is 16.1 Å². The first-order valence-electron chi connectivity index (χ1n) is 6.27. The number of ether oxygens (including phenoxy) is 1. The molecule has 0 unspecified atom stereocenters. The summed E-state index contributed by atoms with van der Waals surface area (Å²) in [6.07, 6.45) is 4.01. The van der Waals surface area contributed by atoms with Crippen LogP contribution >= 0.6 is 0 Å². The number of aryl methyl sites for hydroxylation is 2. The van der Waals surface area contributed by atoms with Crippen LogP contribution in [0, 0.1) is 19.7 Å². The zero-order chi connectivity index (χ0) is 15.4. The first-order valence-corrected chi connectivity index (χ1v) is 6.27. The van der Waals surface area contributed by atoms with E-state index in [0.29, 0.717) is 22.8 Å². The Morgan fingerprint density at radius 3 is 2.67 bits per heavy atom. The van der Waals surface area contributed by atoms with Gasteiger partial charge in [-0.05, 0) is 55.3 Å². The van der Waals surface area contributed by atoms with Crippen LogP contribution in [0.15, 0.2) is 36.5 Å². The van der Waals surface area contributed by atoms with Gasteiger partial charge in [-0.1, -0.05) is 0 Å². The quantitative estimate of drug-likeness (QED) is 0.870. The Hall–Kier alpha value is -2.69. The van der Waals surface area contributed by atoms with E-state index in [1.807, 2.05) is 0 Å². The van der Waals surface area contributed by atoms with Crippen molar-refractivity contribution in [3.8, 4) is 11.6 Å². The van der Waals surface area contributed by atoms with Crippen molar-refractivity contribution >= 4 is 12.0 Å². The van der Waals surface area contributed by atoms with Gasteiger partial charge in [-0.15, -0.1) is 0 Å². The van der Waals surface area contributed by atoms with Crippen molar-refractivity contribution in [2.75, 3.05) is 0 Å². The van der Waals surface area contributed by atoms with Crippen molar-refractivity contribution in [3.63, 3.8) is 0 Å². The topological polar surface area (TPSA) is 59.4 Å². The van der Waals surface area contributed by atoms with Crippen molar-refractivity contribution < 1.29 is 19.0 Å². The fourth-order valence-corrected chi connectivity index (χ4v) is 1.74. The van der Waals surface area contributed by atoms with Gasteiger partial charge in [0.1, 0.15) is 11.6 Å². The molecule has 0 saturated carbocycles. The van der Waals surface area contributed by atoms with Crippen LogP contribution in [0.4, 0.5) is 4.39 Å². The molecule has 4 nitrogen and oxygen atoms in total. The summed E-state index contributed by atoms with van der Waals surface area (Å²) in [5.74, 6) is -0.414. The normalized spacial score (nSPS) is 10.8. The molecule has 1 N–H and O–H groups in total. The summed E-state index contributed by atoms with van der Waals surface area (Å²) in [4.78, 5) is 14.6. The third-order valence-electron chi connectivity index (χ3n) is 2.81. The summed E-state index contributed by atoms with van der Waals surface area (Å²) in [5.41, 5.74) is 1.91. The first kappa shape index (κ1) is 14.7. The van der Waals surface area contributed by atoms with Gasteiger partial charge in [0.15, 0.2) is 0 Å². The monoisotopic (exact) mass is 287 g/mol. The summed E-state index contributed by atoms with van der Waals surface area (Å²) in [6, 6.07) is 6.22. The van der Waals surface area contributed by atoms with Gasteiger partial charge in [-0.3, -0.25) is 0 Å². The molecule has 2 aromatic rings. The molecule has 1 aromatic carbocycles. The largest absolute Gasteiger partial charge is 0.478 e. The van der Waals surface area contributed by atoms with Gasteiger partial charge in [0, 0.05) is 17.8 Å². The second-order valence-corrected chi connectivity index (χ2v) is 4.58. The van der Waals surface area contributed by atoms with Crippen LogP contribution in [0.1, 0.15) is 16.7 Å². The minimum Gasteiger partial charge on any atom is -0.478 e. The molecule has 2 rings (SSSR count). The van der Waals surface area contributed by atoms with E-state index in [1.54, 1.807) is 26.0 Å². The fourth-order valence-electron chi connectivity index (χ4n) is 1.74. The van der Waals surface area contributed by atoms with Gasteiger partial charge < -0.3 is 9.84 Å². The molecule has 21 heavy (non-hydrogen) atoms. The summed E-state index contributed by atoms with van der Waals surface area (Å²) < 4.78 is 18.8. The number of hydrogen-bond acceptors (Lipinski definition) is 3. The molecular weight excluding hydrogens is 273 g/mol. The van der Waals surface area contributed by atoms with Crippen LogP contribution < -0.4 is 4.74 Å². The van der Waals surface area contributed by atoms with E-state index in [-0.39, 0.29) is 5.82 Å². The third-order valence-corrected chi connectivity index (χ3v) is 2.81. The van der Waals surface area contributed by atoms with Crippen molar-refractivity contribution in [2.24, 2.45) is 0 Å². The molecule has 0 spiro atoms. The number of carbonyl (C=O) groups is 1. The highest BCUT2D eigenvalue weighted by atomic mass is 19.1. The Morgan fingerprint density at radius 2 is 2.05 bits per heavy atom. The van der Waals surface area contributed by atoms with E-state index < -0.39 is 5.97 Å².